The van der Waals surface area contributed by atoms with E-state index in [2.05, 4.69) is 34.7 Å². The molecule has 0 aliphatic heterocycles. The van der Waals surface area contributed by atoms with Crippen LogP contribution in [0.1, 0.15) is 21.7 Å². The van der Waals surface area contributed by atoms with Crippen LogP contribution in [0.2, 0.25) is 25.7 Å². The average Bonchev–Trinajstić information content (AvgIpc) is 3.00. The predicted octanol–water partition coefficient (Wildman–Crippen LogP) is 4.12. The number of benzene rings is 1. The van der Waals surface area contributed by atoms with E-state index in [0.29, 0.717) is 12.3 Å². The van der Waals surface area contributed by atoms with Crippen molar-refractivity contribution in [1.29, 1.82) is 0 Å². The lowest BCUT2D eigenvalue weighted by Crippen LogP contribution is -2.22. The van der Waals surface area contributed by atoms with Crippen molar-refractivity contribution in [3.05, 3.63) is 53.7 Å². The van der Waals surface area contributed by atoms with Crippen LogP contribution in [0, 0.1) is 0 Å². The van der Waals surface area contributed by atoms with E-state index in [4.69, 9.17) is 4.74 Å². The van der Waals surface area contributed by atoms with E-state index < -0.39 is 8.07 Å². The molecule has 0 saturated heterocycles. The summed E-state index contributed by atoms with van der Waals surface area (Å²) in [4.78, 5) is 19.5. The number of rotatable bonds is 8. The van der Waals surface area contributed by atoms with Crippen LogP contribution in [-0.4, -0.2) is 40.7 Å². The number of nitrogens with zero attached hydrogens (tertiary/aromatic N) is 4. The first-order valence-electron chi connectivity index (χ1n) is 8.94. The highest BCUT2D eigenvalue weighted by Crippen LogP contribution is 2.22. The summed E-state index contributed by atoms with van der Waals surface area (Å²) >= 11 is 0. The Morgan fingerprint density at radius 2 is 2.04 bits per heavy atom. The number of carbonyl (C=O) groups is 1. The second-order valence-electron chi connectivity index (χ2n) is 7.59. The van der Waals surface area contributed by atoms with Gasteiger partial charge in [0, 0.05) is 38.0 Å². The number of hydrogen-bond acceptors (Lipinski definition) is 5. The van der Waals surface area contributed by atoms with Gasteiger partial charge in [0.25, 0.3) is 0 Å². The van der Waals surface area contributed by atoms with Crippen molar-refractivity contribution in [3.8, 4) is 0 Å². The molecule has 0 bridgehead atoms. The summed E-state index contributed by atoms with van der Waals surface area (Å²) in [6.45, 7) is 8.06. The van der Waals surface area contributed by atoms with Gasteiger partial charge in [-0.2, -0.15) is 5.10 Å². The van der Waals surface area contributed by atoms with Crippen LogP contribution in [0.5, 0.6) is 0 Å². The minimum absolute atomic E-state index is 0.363. The summed E-state index contributed by atoms with van der Waals surface area (Å²) in [5, 5.41) is 5.63. The van der Waals surface area contributed by atoms with Crippen molar-refractivity contribution < 1.29 is 9.53 Å². The minimum atomic E-state index is -1.13. The minimum Gasteiger partial charge on any atom is -0.360 e. The molecule has 0 atom stereocenters. The van der Waals surface area contributed by atoms with E-state index in [1.54, 1.807) is 24.7 Å². The zero-order chi connectivity index (χ0) is 19.3. The van der Waals surface area contributed by atoms with E-state index in [1.165, 1.54) is 0 Å². The molecule has 0 aliphatic rings. The standard InChI is InChI=1S/C20H24N4O2Si/c1-27(2,3)11-10-26-15-24-20-12-16(14-25)4-6-18(20)19(23-24)7-5-17-13-21-8-9-22-17/h4-9,12-14H,10-11,15H2,1-3H3. The summed E-state index contributed by atoms with van der Waals surface area (Å²) in [6.07, 6.45) is 9.61. The van der Waals surface area contributed by atoms with Gasteiger partial charge < -0.3 is 4.74 Å². The van der Waals surface area contributed by atoms with Crippen molar-refractivity contribution in [3.63, 3.8) is 0 Å². The Bertz CT molecular complexity index is 946. The van der Waals surface area contributed by atoms with Crippen molar-refractivity contribution in [1.82, 2.24) is 19.7 Å². The van der Waals surface area contributed by atoms with Gasteiger partial charge in [0.1, 0.15) is 13.0 Å². The van der Waals surface area contributed by atoms with Gasteiger partial charge in [0.2, 0.25) is 0 Å². The predicted molar refractivity (Wildman–Crippen MR) is 110 cm³/mol. The lowest BCUT2D eigenvalue weighted by atomic mass is 10.1. The first kappa shape index (κ1) is 19.1. The average molecular weight is 381 g/mol. The fourth-order valence-electron chi connectivity index (χ4n) is 2.60. The van der Waals surface area contributed by atoms with Gasteiger partial charge in [-0.25, -0.2) is 4.68 Å². The highest BCUT2D eigenvalue weighted by atomic mass is 28.3. The summed E-state index contributed by atoms with van der Waals surface area (Å²) in [6, 6.07) is 6.66. The van der Waals surface area contributed by atoms with Crippen molar-refractivity contribution in [2.24, 2.45) is 0 Å². The third-order valence-electron chi connectivity index (χ3n) is 4.15. The first-order valence-corrected chi connectivity index (χ1v) is 12.6. The third-order valence-corrected chi connectivity index (χ3v) is 5.85. The van der Waals surface area contributed by atoms with Gasteiger partial charge in [0.05, 0.1) is 23.1 Å². The second-order valence-corrected chi connectivity index (χ2v) is 13.2. The Kier molecular flexibility index (Phi) is 5.93. The zero-order valence-electron chi connectivity index (χ0n) is 15.9. The number of fused-ring (bicyclic) bond motifs is 1. The molecule has 0 N–H and O–H groups in total. The topological polar surface area (TPSA) is 69.9 Å². The zero-order valence-corrected chi connectivity index (χ0v) is 16.9. The molecule has 3 aromatic rings. The molecule has 1 aromatic carbocycles. The molecule has 0 fully saturated rings. The molecule has 0 amide bonds. The number of carbonyl (C=O) groups excluding carboxylic acids is 1. The van der Waals surface area contributed by atoms with Gasteiger partial charge in [-0.3, -0.25) is 14.8 Å². The largest absolute Gasteiger partial charge is 0.360 e. The maximum absolute atomic E-state index is 11.2. The van der Waals surface area contributed by atoms with Crippen molar-refractivity contribution in [2.75, 3.05) is 6.61 Å². The lowest BCUT2D eigenvalue weighted by molar-refractivity contribution is 0.0816. The second kappa shape index (κ2) is 8.37. The first-order chi connectivity index (χ1) is 13.0. The monoisotopic (exact) mass is 380 g/mol. The van der Waals surface area contributed by atoms with Gasteiger partial charge >= 0.3 is 0 Å². The molecule has 7 heteroatoms. The highest BCUT2D eigenvalue weighted by Gasteiger charge is 2.13. The Morgan fingerprint density at radius 3 is 2.74 bits per heavy atom. The SMILES string of the molecule is C[Si](C)(C)CCOCn1nc(C=Cc2cnccn2)c2ccc(C=O)cc21. The van der Waals surface area contributed by atoms with Crippen LogP contribution in [0.3, 0.4) is 0 Å². The summed E-state index contributed by atoms with van der Waals surface area (Å²) in [5.41, 5.74) is 3.07. The van der Waals surface area contributed by atoms with E-state index >= 15 is 0 Å². The van der Waals surface area contributed by atoms with Crippen LogP contribution < -0.4 is 0 Å². The molecule has 140 valence electrons. The van der Waals surface area contributed by atoms with Crippen molar-refractivity contribution >= 4 is 37.4 Å². The highest BCUT2D eigenvalue weighted by molar-refractivity contribution is 6.76. The fourth-order valence-corrected chi connectivity index (χ4v) is 3.36. The van der Waals surface area contributed by atoms with Crippen LogP contribution in [0.15, 0.2) is 36.8 Å². The number of aromatic nitrogens is 4. The number of ether oxygens (including phenoxy) is 1. The Morgan fingerprint density at radius 1 is 1.19 bits per heavy atom. The Balaban J connectivity index is 1.86. The maximum atomic E-state index is 11.2. The molecule has 3 rings (SSSR count). The van der Waals surface area contributed by atoms with E-state index in [-0.39, 0.29) is 0 Å². The van der Waals surface area contributed by atoms with Crippen LogP contribution >= 0.6 is 0 Å². The van der Waals surface area contributed by atoms with Gasteiger partial charge in [-0.1, -0.05) is 25.7 Å². The molecular weight excluding hydrogens is 356 g/mol. The van der Waals surface area contributed by atoms with Crippen LogP contribution in [0.25, 0.3) is 23.1 Å². The maximum Gasteiger partial charge on any atom is 0.150 e. The van der Waals surface area contributed by atoms with E-state index in [1.807, 2.05) is 29.0 Å². The lowest BCUT2D eigenvalue weighted by Gasteiger charge is -2.15. The Hall–Kier alpha value is -2.64. The molecule has 0 radical (unpaired) electrons. The van der Waals surface area contributed by atoms with Gasteiger partial charge in [-0.05, 0) is 30.3 Å². The third kappa shape index (κ3) is 5.18. The van der Waals surface area contributed by atoms with Crippen molar-refractivity contribution in [2.45, 2.75) is 32.4 Å². The summed E-state index contributed by atoms with van der Waals surface area (Å²) in [7, 11) is -1.13. The molecule has 2 aromatic heterocycles. The quantitative estimate of drug-likeness (QED) is 0.334. The van der Waals surface area contributed by atoms with E-state index in [0.717, 1.165) is 41.2 Å². The summed E-state index contributed by atoms with van der Waals surface area (Å²) in [5.74, 6) is 0. The van der Waals surface area contributed by atoms with Gasteiger partial charge in [-0.15, -0.1) is 0 Å². The Labute approximate surface area is 159 Å². The molecule has 0 unspecified atom stereocenters. The molecule has 6 nitrogen and oxygen atoms in total. The molecule has 0 saturated carbocycles. The molecule has 0 aliphatic carbocycles. The van der Waals surface area contributed by atoms with E-state index in [9.17, 15) is 4.79 Å². The smallest absolute Gasteiger partial charge is 0.150 e. The molecule has 2 heterocycles. The van der Waals surface area contributed by atoms with Crippen LogP contribution in [-0.2, 0) is 11.5 Å². The number of hydrogen-bond donors (Lipinski definition) is 0. The van der Waals surface area contributed by atoms with Crippen LogP contribution in [0.4, 0.5) is 0 Å². The molecule has 0 spiro atoms. The normalized spacial score (nSPS) is 12.1. The molecular formula is C20H24N4O2Si. The summed E-state index contributed by atoms with van der Waals surface area (Å²) < 4.78 is 7.66. The fraction of sp³-hybridized carbons (Fsp3) is 0.300. The number of aldehydes is 1. The molecule has 27 heavy (non-hydrogen) atoms. The van der Waals surface area contributed by atoms with Gasteiger partial charge in [0.15, 0.2) is 0 Å².